The molecule has 9 heteroatoms. The summed E-state index contributed by atoms with van der Waals surface area (Å²) in [7, 11) is 0. The van der Waals surface area contributed by atoms with Crippen molar-refractivity contribution >= 4 is 45.6 Å². The number of aromatic nitrogens is 4. The Kier molecular flexibility index (Phi) is 6.13. The minimum Gasteiger partial charge on any atom is -0.326 e. The molecule has 0 atom stereocenters. The molecule has 3 N–H and O–H groups in total. The standard InChI is InChI=1S/C22H21N7OS/c1-14-8-10-17(11-9-14)26-19(30)12-18-13-23-22(31-18)29-21-25-15(2)24-20(28-21)27-16-6-4-3-5-7-16/h3-11,13H,12H2,1-2H3,(H,26,30)(H2,23,24,25,27,28,29). The van der Waals surface area contributed by atoms with Crippen LogP contribution in [-0.4, -0.2) is 25.8 Å². The van der Waals surface area contributed by atoms with E-state index in [1.807, 2.05) is 61.5 Å². The van der Waals surface area contributed by atoms with E-state index < -0.39 is 0 Å². The van der Waals surface area contributed by atoms with Crippen LogP contribution in [0, 0.1) is 13.8 Å². The number of aryl methyl sites for hydroxylation is 2. The smallest absolute Gasteiger partial charge is 0.234 e. The van der Waals surface area contributed by atoms with Crippen molar-refractivity contribution in [2.75, 3.05) is 16.0 Å². The van der Waals surface area contributed by atoms with Crippen LogP contribution in [0.25, 0.3) is 0 Å². The Morgan fingerprint density at radius 3 is 2.32 bits per heavy atom. The second-order valence-corrected chi connectivity index (χ2v) is 7.98. The topological polar surface area (TPSA) is 105 Å². The van der Waals surface area contributed by atoms with Gasteiger partial charge in [0, 0.05) is 22.4 Å². The summed E-state index contributed by atoms with van der Waals surface area (Å²) in [5, 5.41) is 9.75. The van der Waals surface area contributed by atoms with Crippen molar-refractivity contribution in [2.45, 2.75) is 20.3 Å². The molecule has 2 aromatic heterocycles. The molecule has 31 heavy (non-hydrogen) atoms. The largest absolute Gasteiger partial charge is 0.326 e. The number of carbonyl (C=O) groups excluding carboxylic acids is 1. The van der Waals surface area contributed by atoms with Crippen LogP contribution in [-0.2, 0) is 11.2 Å². The lowest BCUT2D eigenvalue weighted by Crippen LogP contribution is -2.13. The average molecular weight is 432 g/mol. The number of thiazole rings is 1. The molecular formula is C22H21N7OS. The minimum atomic E-state index is -0.0931. The summed E-state index contributed by atoms with van der Waals surface area (Å²) in [6.45, 7) is 3.80. The molecule has 0 aliphatic rings. The SMILES string of the molecule is Cc1ccc(NC(=O)Cc2cnc(Nc3nc(C)nc(Nc4ccccc4)n3)s2)cc1. The Morgan fingerprint density at radius 1 is 0.871 bits per heavy atom. The molecule has 8 nitrogen and oxygen atoms in total. The van der Waals surface area contributed by atoms with Crippen molar-refractivity contribution in [3.63, 3.8) is 0 Å². The van der Waals surface area contributed by atoms with Gasteiger partial charge in [0.2, 0.25) is 17.8 Å². The summed E-state index contributed by atoms with van der Waals surface area (Å²) in [6.07, 6.45) is 1.92. The molecule has 4 aromatic rings. The van der Waals surface area contributed by atoms with E-state index in [4.69, 9.17) is 0 Å². The van der Waals surface area contributed by atoms with E-state index in [9.17, 15) is 4.79 Å². The molecular weight excluding hydrogens is 410 g/mol. The van der Waals surface area contributed by atoms with Crippen molar-refractivity contribution in [2.24, 2.45) is 0 Å². The quantitative estimate of drug-likeness (QED) is 0.392. The fourth-order valence-corrected chi connectivity index (χ4v) is 3.59. The van der Waals surface area contributed by atoms with Crippen LogP contribution in [0.15, 0.2) is 60.8 Å². The third-order valence-electron chi connectivity index (χ3n) is 4.22. The maximum atomic E-state index is 12.3. The number of amides is 1. The number of rotatable bonds is 7. The molecule has 1 amide bonds. The zero-order valence-electron chi connectivity index (χ0n) is 17.1. The summed E-state index contributed by atoms with van der Waals surface area (Å²) in [6, 6.07) is 17.4. The van der Waals surface area contributed by atoms with Crippen LogP contribution >= 0.6 is 11.3 Å². The predicted octanol–water partition coefficient (Wildman–Crippen LogP) is 4.61. The minimum absolute atomic E-state index is 0.0931. The zero-order chi connectivity index (χ0) is 21.6. The van der Waals surface area contributed by atoms with E-state index >= 15 is 0 Å². The van der Waals surface area contributed by atoms with Crippen LogP contribution in [0.4, 0.5) is 28.4 Å². The lowest BCUT2D eigenvalue weighted by Gasteiger charge is -2.07. The molecule has 0 aliphatic heterocycles. The van der Waals surface area contributed by atoms with E-state index in [1.54, 1.807) is 13.1 Å². The summed E-state index contributed by atoms with van der Waals surface area (Å²) in [5.41, 5.74) is 2.81. The highest BCUT2D eigenvalue weighted by atomic mass is 32.1. The maximum Gasteiger partial charge on any atom is 0.234 e. The molecule has 0 radical (unpaired) electrons. The second-order valence-electron chi connectivity index (χ2n) is 6.87. The van der Waals surface area contributed by atoms with Crippen LogP contribution in [0.1, 0.15) is 16.3 Å². The molecule has 0 spiro atoms. The number of benzene rings is 2. The Balaban J connectivity index is 1.39. The van der Waals surface area contributed by atoms with Crippen LogP contribution in [0.2, 0.25) is 0 Å². The number of hydrogen-bond acceptors (Lipinski definition) is 8. The van der Waals surface area contributed by atoms with Gasteiger partial charge >= 0.3 is 0 Å². The van der Waals surface area contributed by atoms with Crippen molar-refractivity contribution in [1.82, 2.24) is 19.9 Å². The molecule has 2 aromatic carbocycles. The Morgan fingerprint density at radius 2 is 1.58 bits per heavy atom. The number of nitrogens with zero attached hydrogens (tertiary/aromatic N) is 4. The first-order chi connectivity index (χ1) is 15.0. The van der Waals surface area contributed by atoms with Gasteiger partial charge in [-0.2, -0.15) is 15.0 Å². The highest BCUT2D eigenvalue weighted by molar-refractivity contribution is 7.15. The van der Waals surface area contributed by atoms with E-state index in [0.29, 0.717) is 22.9 Å². The van der Waals surface area contributed by atoms with Gasteiger partial charge in [-0.05, 0) is 38.1 Å². The molecule has 0 saturated heterocycles. The van der Waals surface area contributed by atoms with Crippen molar-refractivity contribution < 1.29 is 4.79 Å². The Bertz CT molecular complexity index is 1180. The maximum absolute atomic E-state index is 12.3. The van der Waals surface area contributed by atoms with Gasteiger partial charge < -0.3 is 10.6 Å². The van der Waals surface area contributed by atoms with E-state index in [0.717, 1.165) is 21.8 Å². The highest BCUT2D eigenvalue weighted by Gasteiger charge is 2.11. The fourth-order valence-electron chi connectivity index (χ4n) is 2.79. The lowest BCUT2D eigenvalue weighted by molar-refractivity contribution is -0.115. The van der Waals surface area contributed by atoms with E-state index in [-0.39, 0.29) is 12.3 Å². The number of carbonyl (C=O) groups is 1. The first-order valence-corrected chi connectivity index (χ1v) is 10.5. The monoisotopic (exact) mass is 431 g/mol. The number of anilines is 5. The van der Waals surface area contributed by atoms with E-state index in [1.165, 1.54) is 11.3 Å². The third-order valence-corrected chi connectivity index (χ3v) is 5.13. The van der Waals surface area contributed by atoms with Crippen molar-refractivity contribution in [1.29, 1.82) is 0 Å². The van der Waals surface area contributed by atoms with Crippen molar-refractivity contribution in [3.8, 4) is 0 Å². The van der Waals surface area contributed by atoms with Gasteiger partial charge in [0.25, 0.3) is 0 Å². The summed E-state index contributed by atoms with van der Waals surface area (Å²) in [5.74, 6) is 1.31. The molecule has 0 unspecified atom stereocenters. The van der Waals surface area contributed by atoms with E-state index in [2.05, 4.69) is 35.9 Å². The van der Waals surface area contributed by atoms with Crippen LogP contribution in [0.5, 0.6) is 0 Å². The molecule has 0 bridgehead atoms. The first-order valence-electron chi connectivity index (χ1n) is 9.66. The molecule has 0 fully saturated rings. The molecule has 4 rings (SSSR count). The summed E-state index contributed by atoms with van der Waals surface area (Å²) < 4.78 is 0. The summed E-state index contributed by atoms with van der Waals surface area (Å²) >= 11 is 1.38. The first kappa shape index (κ1) is 20.4. The molecule has 156 valence electrons. The average Bonchev–Trinajstić information content (AvgIpc) is 3.16. The van der Waals surface area contributed by atoms with Gasteiger partial charge in [-0.15, -0.1) is 11.3 Å². The molecule has 0 saturated carbocycles. The van der Waals surface area contributed by atoms with Gasteiger partial charge in [0.05, 0.1) is 6.42 Å². The van der Waals surface area contributed by atoms with Crippen molar-refractivity contribution in [3.05, 3.63) is 77.1 Å². The van der Waals surface area contributed by atoms with Crippen LogP contribution in [0.3, 0.4) is 0 Å². The van der Waals surface area contributed by atoms with Gasteiger partial charge in [0.15, 0.2) is 5.13 Å². The van der Waals surface area contributed by atoms with Gasteiger partial charge in [-0.3, -0.25) is 10.1 Å². The van der Waals surface area contributed by atoms with Crippen LogP contribution < -0.4 is 16.0 Å². The van der Waals surface area contributed by atoms with Gasteiger partial charge in [-0.1, -0.05) is 35.9 Å². The number of nitrogens with one attached hydrogen (secondary N) is 3. The predicted molar refractivity (Wildman–Crippen MR) is 123 cm³/mol. The highest BCUT2D eigenvalue weighted by Crippen LogP contribution is 2.23. The third kappa shape index (κ3) is 5.83. The molecule has 0 aliphatic carbocycles. The number of hydrogen-bond donors (Lipinski definition) is 3. The Labute approximate surface area is 183 Å². The summed E-state index contributed by atoms with van der Waals surface area (Å²) in [4.78, 5) is 30.5. The van der Waals surface area contributed by atoms with Gasteiger partial charge in [-0.25, -0.2) is 4.98 Å². The number of para-hydroxylation sites is 1. The zero-order valence-corrected chi connectivity index (χ0v) is 17.9. The Hall–Kier alpha value is -3.85. The lowest BCUT2D eigenvalue weighted by atomic mass is 10.2. The molecule has 2 heterocycles. The second kappa shape index (κ2) is 9.31. The van der Waals surface area contributed by atoms with Gasteiger partial charge in [0.1, 0.15) is 5.82 Å². The fraction of sp³-hybridized carbons (Fsp3) is 0.136. The normalized spacial score (nSPS) is 10.5.